The molecule has 0 aromatic carbocycles. The van der Waals surface area contributed by atoms with Crippen molar-refractivity contribution in [2.24, 2.45) is 0 Å². The fraction of sp³-hybridized carbons (Fsp3) is 0.769. The first kappa shape index (κ1) is 19.0. The number of unbranched alkanes of at least 4 members (excludes halogenated alkanes) is 1. The smallest absolute Gasteiger partial charge is 0.246 e. The van der Waals surface area contributed by atoms with Crippen molar-refractivity contribution in [3.63, 3.8) is 0 Å². The number of carbonyl (C=O) groups excluding carboxylic acids is 1. The van der Waals surface area contributed by atoms with E-state index in [0.29, 0.717) is 6.54 Å². The van der Waals surface area contributed by atoms with Gasteiger partial charge in [-0.3, -0.25) is 4.79 Å². The third-order valence-electron chi connectivity index (χ3n) is 3.00. The number of rotatable bonds is 10. The van der Waals surface area contributed by atoms with E-state index in [1.807, 2.05) is 6.92 Å². The summed E-state index contributed by atoms with van der Waals surface area (Å²) < 4.78 is 0. The molecule has 0 heterocycles. The molecule has 0 aliphatic rings. The molecule has 0 aliphatic carbocycles. The maximum absolute atomic E-state index is 11.6. The zero-order chi connectivity index (χ0) is 15.7. The van der Waals surface area contributed by atoms with Crippen molar-refractivity contribution in [1.29, 1.82) is 0 Å². The second kappa shape index (κ2) is 9.84. The molecule has 4 atom stereocenters. The third-order valence-corrected chi connectivity index (χ3v) is 3.00. The van der Waals surface area contributed by atoms with Crippen molar-refractivity contribution >= 4 is 5.91 Å². The highest BCUT2D eigenvalue weighted by atomic mass is 16.4. The quantitative estimate of drug-likeness (QED) is 0.304. The second-order valence-electron chi connectivity index (χ2n) is 4.64. The normalized spacial score (nSPS) is 17.1. The predicted octanol–water partition coefficient (Wildman–Crippen LogP) is -1.76. The Balaban J connectivity index is 4.60. The minimum atomic E-state index is -1.69. The largest absolute Gasteiger partial charge is 0.394 e. The van der Waals surface area contributed by atoms with Gasteiger partial charge in [0.25, 0.3) is 0 Å². The number of aliphatic hydroxyl groups excluding tert-OH is 5. The van der Waals surface area contributed by atoms with Gasteiger partial charge in [0.2, 0.25) is 5.91 Å². The Labute approximate surface area is 118 Å². The van der Waals surface area contributed by atoms with E-state index in [-0.39, 0.29) is 12.5 Å². The van der Waals surface area contributed by atoms with Gasteiger partial charge in [-0.25, -0.2) is 0 Å². The molecule has 0 rings (SSSR count). The zero-order valence-electron chi connectivity index (χ0n) is 11.7. The maximum Gasteiger partial charge on any atom is 0.246 e. The van der Waals surface area contributed by atoms with E-state index < -0.39 is 31.0 Å². The number of hydrogen-bond donors (Lipinski definition) is 5. The van der Waals surface area contributed by atoms with Crippen LogP contribution in [-0.4, -0.2) is 80.5 Å². The molecule has 0 unspecified atom stereocenters. The summed E-state index contributed by atoms with van der Waals surface area (Å²) in [6.07, 6.45) is -3.67. The Kier molecular flexibility index (Phi) is 9.35. The van der Waals surface area contributed by atoms with Crippen LogP contribution in [0.3, 0.4) is 0 Å². The van der Waals surface area contributed by atoms with Gasteiger partial charge < -0.3 is 30.4 Å². The number of carbonyl (C=O) groups is 1. The summed E-state index contributed by atoms with van der Waals surface area (Å²) in [5, 5.41) is 46.9. The van der Waals surface area contributed by atoms with Crippen molar-refractivity contribution in [3.05, 3.63) is 12.7 Å². The molecule has 0 radical (unpaired) electrons. The van der Waals surface area contributed by atoms with E-state index in [2.05, 4.69) is 6.58 Å². The van der Waals surface area contributed by atoms with Gasteiger partial charge in [-0.15, -0.1) is 0 Å². The lowest BCUT2D eigenvalue weighted by molar-refractivity contribution is -0.135. The van der Waals surface area contributed by atoms with Gasteiger partial charge in [-0.2, -0.15) is 0 Å². The lowest BCUT2D eigenvalue weighted by Crippen LogP contribution is -2.50. The molecular weight excluding hydrogens is 266 g/mol. The average Bonchev–Trinajstić information content (AvgIpc) is 2.47. The van der Waals surface area contributed by atoms with Gasteiger partial charge in [0.05, 0.1) is 6.61 Å². The Bertz CT molecular complexity index is 299. The van der Waals surface area contributed by atoms with Crippen molar-refractivity contribution < 1.29 is 30.3 Å². The molecular formula is C13H25NO6. The number of aliphatic hydroxyl groups is 5. The van der Waals surface area contributed by atoms with Crippen LogP contribution >= 0.6 is 0 Å². The summed E-state index contributed by atoms with van der Waals surface area (Å²) in [4.78, 5) is 12.9. The summed E-state index contributed by atoms with van der Waals surface area (Å²) in [5.74, 6) is -0.387. The summed E-state index contributed by atoms with van der Waals surface area (Å²) in [6, 6.07) is 0. The Hall–Kier alpha value is -0.990. The SMILES string of the molecule is C=CC(=O)N(CCCC)C[C@H](O)[C@@H](O)[C@H](O)[C@H](O)CO. The Morgan fingerprint density at radius 1 is 1.20 bits per heavy atom. The molecule has 1 amide bonds. The fourth-order valence-electron chi connectivity index (χ4n) is 1.67. The molecule has 5 N–H and O–H groups in total. The first-order valence-electron chi connectivity index (χ1n) is 6.63. The van der Waals surface area contributed by atoms with Crippen molar-refractivity contribution in [1.82, 2.24) is 4.90 Å². The zero-order valence-corrected chi connectivity index (χ0v) is 11.7. The van der Waals surface area contributed by atoms with Crippen LogP contribution in [0.5, 0.6) is 0 Å². The highest BCUT2D eigenvalue weighted by Gasteiger charge is 2.31. The van der Waals surface area contributed by atoms with Crippen LogP contribution in [0.15, 0.2) is 12.7 Å². The summed E-state index contributed by atoms with van der Waals surface area (Å²) in [7, 11) is 0. The lowest BCUT2D eigenvalue weighted by atomic mass is 10.0. The van der Waals surface area contributed by atoms with E-state index in [0.717, 1.165) is 18.9 Å². The molecule has 7 nitrogen and oxygen atoms in total. The van der Waals surface area contributed by atoms with Crippen LogP contribution in [0.25, 0.3) is 0 Å². The molecule has 0 saturated heterocycles. The van der Waals surface area contributed by atoms with E-state index in [1.165, 1.54) is 4.90 Å². The molecule has 0 fully saturated rings. The minimum Gasteiger partial charge on any atom is -0.394 e. The fourth-order valence-corrected chi connectivity index (χ4v) is 1.67. The standard InChI is InChI=1S/C13H25NO6/c1-3-5-6-14(11(18)4-2)7-9(16)12(19)13(20)10(17)8-15/h4,9-10,12-13,15-17,19-20H,2-3,5-8H2,1H3/t9-,10+,12+,13+/m0/s1. The van der Waals surface area contributed by atoms with Crippen LogP contribution in [0.1, 0.15) is 19.8 Å². The van der Waals surface area contributed by atoms with Crippen molar-refractivity contribution in [2.75, 3.05) is 19.7 Å². The van der Waals surface area contributed by atoms with Gasteiger partial charge in [0.1, 0.15) is 24.4 Å². The van der Waals surface area contributed by atoms with E-state index in [4.69, 9.17) is 5.11 Å². The molecule has 20 heavy (non-hydrogen) atoms. The third kappa shape index (κ3) is 5.98. The van der Waals surface area contributed by atoms with Gasteiger partial charge in [-0.1, -0.05) is 19.9 Å². The van der Waals surface area contributed by atoms with E-state index in [9.17, 15) is 25.2 Å². The molecule has 0 spiro atoms. The molecule has 0 aromatic heterocycles. The highest BCUT2D eigenvalue weighted by Crippen LogP contribution is 2.08. The van der Waals surface area contributed by atoms with Crippen LogP contribution in [-0.2, 0) is 4.79 Å². The van der Waals surface area contributed by atoms with Crippen LogP contribution in [0.4, 0.5) is 0 Å². The van der Waals surface area contributed by atoms with Crippen molar-refractivity contribution in [3.8, 4) is 0 Å². The average molecular weight is 291 g/mol. The number of hydrogen-bond acceptors (Lipinski definition) is 6. The number of nitrogens with zero attached hydrogens (tertiary/aromatic N) is 1. The monoisotopic (exact) mass is 291 g/mol. The first-order chi connectivity index (χ1) is 9.38. The molecule has 0 aromatic rings. The topological polar surface area (TPSA) is 121 Å². The summed E-state index contributed by atoms with van der Waals surface area (Å²) >= 11 is 0. The molecule has 0 bridgehead atoms. The van der Waals surface area contributed by atoms with Gasteiger partial charge in [-0.05, 0) is 12.5 Å². The summed E-state index contributed by atoms with van der Waals surface area (Å²) in [5.41, 5.74) is 0. The van der Waals surface area contributed by atoms with E-state index >= 15 is 0 Å². The van der Waals surface area contributed by atoms with Crippen LogP contribution in [0.2, 0.25) is 0 Å². The van der Waals surface area contributed by atoms with Gasteiger partial charge in [0.15, 0.2) is 0 Å². The maximum atomic E-state index is 11.6. The van der Waals surface area contributed by atoms with Gasteiger partial charge in [0, 0.05) is 13.1 Å². The lowest BCUT2D eigenvalue weighted by Gasteiger charge is -2.30. The Morgan fingerprint density at radius 2 is 1.75 bits per heavy atom. The molecule has 0 aliphatic heterocycles. The molecule has 0 saturated carbocycles. The molecule has 118 valence electrons. The van der Waals surface area contributed by atoms with Crippen LogP contribution in [0, 0.1) is 0 Å². The first-order valence-corrected chi connectivity index (χ1v) is 6.63. The summed E-state index contributed by atoms with van der Waals surface area (Å²) in [6.45, 7) is 4.77. The Morgan fingerprint density at radius 3 is 2.20 bits per heavy atom. The molecule has 7 heteroatoms. The van der Waals surface area contributed by atoms with Gasteiger partial charge >= 0.3 is 0 Å². The second-order valence-corrected chi connectivity index (χ2v) is 4.64. The van der Waals surface area contributed by atoms with Crippen LogP contribution < -0.4 is 0 Å². The van der Waals surface area contributed by atoms with Crippen molar-refractivity contribution in [2.45, 2.75) is 44.2 Å². The highest BCUT2D eigenvalue weighted by molar-refractivity contribution is 5.87. The number of amides is 1. The van der Waals surface area contributed by atoms with E-state index in [1.54, 1.807) is 0 Å². The minimum absolute atomic E-state index is 0.193. The predicted molar refractivity (Wildman–Crippen MR) is 72.8 cm³/mol.